The topological polar surface area (TPSA) is 72.8 Å². The molecule has 0 amide bonds. The third-order valence-electron chi connectivity index (χ3n) is 8.83. The van der Waals surface area contributed by atoms with Crippen molar-refractivity contribution in [1.29, 1.82) is 0 Å². The number of aliphatic hydroxyl groups is 1. The molecular formula is C39H76O5. The van der Waals surface area contributed by atoms with E-state index in [1.54, 1.807) is 0 Å². The van der Waals surface area contributed by atoms with E-state index < -0.39 is 6.10 Å². The van der Waals surface area contributed by atoms with Gasteiger partial charge in [-0.05, 0) is 18.8 Å². The second-order valence-electron chi connectivity index (χ2n) is 13.9. The Morgan fingerprint density at radius 2 is 0.841 bits per heavy atom. The molecule has 0 fully saturated rings. The van der Waals surface area contributed by atoms with Crippen molar-refractivity contribution in [2.45, 2.75) is 219 Å². The van der Waals surface area contributed by atoms with E-state index in [9.17, 15) is 14.7 Å². The lowest BCUT2D eigenvalue weighted by Crippen LogP contribution is -2.28. The van der Waals surface area contributed by atoms with Gasteiger partial charge in [0.05, 0.1) is 6.61 Å². The van der Waals surface area contributed by atoms with E-state index in [0.29, 0.717) is 12.8 Å². The Kier molecular flexibility index (Phi) is 33.9. The van der Waals surface area contributed by atoms with E-state index in [-0.39, 0.29) is 25.2 Å². The molecule has 0 radical (unpaired) electrons. The average Bonchev–Trinajstić information content (AvgIpc) is 3.01. The normalized spacial score (nSPS) is 12.1. The molecule has 0 bridgehead atoms. The van der Waals surface area contributed by atoms with E-state index in [1.165, 1.54) is 148 Å². The van der Waals surface area contributed by atoms with Crippen molar-refractivity contribution in [3.63, 3.8) is 0 Å². The molecule has 0 unspecified atom stereocenters. The predicted octanol–water partition coefficient (Wildman–Crippen LogP) is 11.8. The molecular weight excluding hydrogens is 548 g/mol. The number of hydrogen-bond donors (Lipinski definition) is 1. The monoisotopic (exact) mass is 625 g/mol. The lowest BCUT2D eigenvalue weighted by molar-refractivity contribution is -0.161. The summed E-state index contributed by atoms with van der Waals surface area (Å²) in [4.78, 5) is 24.2. The van der Waals surface area contributed by atoms with Crippen molar-refractivity contribution in [2.24, 2.45) is 5.92 Å². The number of unbranched alkanes of at least 4 members (excludes halogenated alkanes) is 25. The Morgan fingerprint density at radius 3 is 1.20 bits per heavy atom. The van der Waals surface area contributed by atoms with Crippen molar-refractivity contribution in [3.8, 4) is 0 Å². The van der Waals surface area contributed by atoms with Gasteiger partial charge in [0.15, 0.2) is 6.10 Å². The quantitative estimate of drug-likeness (QED) is 0.0561. The van der Waals surface area contributed by atoms with Gasteiger partial charge in [-0.25, -0.2) is 0 Å². The molecule has 44 heavy (non-hydrogen) atoms. The highest BCUT2D eigenvalue weighted by Crippen LogP contribution is 2.16. The lowest BCUT2D eigenvalue weighted by atomic mass is 10.0. The second-order valence-corrected chi connectivity index (χ2v) is 13.9. The largest absolute Gasteiger partial charge is 0.462 e. The second kappa shape index (κ2) is 34.8. The molecule has 5 nitrogen and oxygen atoms in total. The summed E-state index contributed by atoms with van der Waals surface area (Å²) in [6, 6.07) is 0. The molecule has 0 saturated carbocycles. The van der Waals surface area contributed by atoms with E-state index in [2.05, 4.69) is 20.8 Å². The van der Waals surface area contributed by atoms with Gasteiger partial charge in [-0.1, -0.05) is 188 Å². The number of esters is 2. The van der Waals surface area contributed by atoms with E-state index in [1.807, 2.05) is 0 Å². The Hall–Kier alpha value is -1.10. The van der Waals surface area contributed by atoms with Gasteiger partial charge < -0.3 is 14.6 Å². The molecule has 0 aromatic heterocycles. The van der Waals surface area contributed by atoms with Crippen molar-refractivity contribution < 1.29 is 24.2 Å². The zero-order valence-corrected chi connectivity index (χ0v) is 29.9. The minimum absolute atomic E-state index is 0.0577. The van der Waals surface area contributed by atoms with Crippen LogP contribution in [0.2, 0.25) is 0 Å². The third kappa shape index (κ3) is 33.8. The van der Waals surface area contributed by atoms with E-state index >= 15 is 0 Å². The van der Waals surface area contributed by atoms with Gasteiger partial charge in [0.2, 0.25) is 0 Å². The smallest absolute Gasteiger partial charge is 0.306 e. The van der Waals surface area contributed by atoms with Crippen LogP contribution in [0, 0.1) is 5.92 Å². The number of rotatable bonds is 35. The van der Waals surface area contributed by atoms with Crippen LogP contribution < -0.4 is 0 Å². The van der Waals surface area contributed by atoms with Crippen LogP contribution in [0.1, 0.15) is 213 Å². The first-order valence-electron chi connectivity index (χ1n) is 19.5. The standard InChI is InChI=1S/C39H76O5/c1-4-5-6-7-8-9-10-13-17-20-23-26-29-32-38(41)43-35-37(34-40)44-39(42)33-30-27-24-21-18-15-12-11-14-16-19-22-25-28-31-36(2)3/h36-37,40H,4-35H2,1-3H3/t37-/m0/s1. The number of aliphatic hydroxyl groups excluding tert-OH is 1. The van der Waals surface area contributed by atoms with E-state index in [4.69, 9.17) is 9.47 Å². The third-order valence-corrected chi connectivity index (χ3v) is 8.83. The number of carbonyl (C=O) groups is 2. The van der Waals surface area contributed by atoms with Crippen LogP contribution in [0.25, 0.3) is 0 Å². The Morgan fingerprint density at radius 1 is 0.500 bits per heavy atom. The first-order valence-corrected chi connectivity index (χ1v) is 19.5. The summed E-state index contributed by atoms with van der Waals surface area (Å²) >= 11 is 0. The van der Waals surface area contributed by atoms with Crippen LogP contribution in [0.15, 0.2) is 0 Å². The Bertz CT molecular complexity index is 605. The molecule has 0 aromatic carbocycles. The van der Waals surface area contributed by atoms with E-state index in [0.717, 1.165) is 38.0 Å². The van der Waals surface area contributed by atoms with Crippen molar-refractivity contribution >= 4 is 11.9 Å². The van der Waals surface area contributed by atoms with Crippen molar-refractivity contribution in [1.82, 2.24) is 0 Å². The highest BCUT2D eigenvalue weighted by atomic mass is 16.6. The molecule has 0 heterocycles. The van der Waals surface area contributed by atoms with Crippen LogP contribution >= 0.6 is 0 Å². The summed E-state index contributed by atoms with van der Waals surface area (Å²) in [5.41, 5.74) is 0. The van der Waals surface area contributed by atoms with Crippen molar-refractivity contribution in [2.75, 3.05) is 13.2 Å². The maximum absolute atomic E-state index is 12.2. The first kappa shape index (κ1) is 42.9. The molecule has 0 aliphatic heterocycles. The minimum atomic E-state index is -0.761. The average molecular weight is 625 g/mol. The van der Waals surface area contributed by atoms with Gasteiger partial charge in [0.25, 0.3) is 0 Å². The summed E-state index contributed by atoms with van der Waals surface area (Å²) in [6.07, 6.45) is 35.9. The lowest BCUT2D eigenvalue weighted by Gasteiger charge is -2.15. The summed E-state index contributed by atoms with van der Waals surface area (Å²) in [6.45, 7) is 6.51. The van der Waals surface area contributed by atoms with Gasteiger partial charge in [-0.2, -0.15) is 0 Å². The molecule has 0 rings (SSSR count). The molecule has 5 heteroatoms. The molecule has 0 saturated heterocycles. The van der Waals surface area contributed by atoms with Crippen molar-refractivity contribution in [3.05, 3.63) is 0 Å². The summed E-state index contributed by atoms with van der Waals surface area (Å²) in [5.74, 6) is 0.274. The first-order chi connectivity index (χ1) is 21.5. The zero-order valence-electron chi connectivity index (χ0n) is 29.9. The van der Waals surface area contributed by atoms with Gasteiger partial charge in [-0.15, -0.1) is 0 Å². The van der Waals surface area contributed by atoms with Crippen LogP contribution in [0.3, 0.4) is 0 Å². The van der Waals surface area contributed by atoms with Gasteiger partial charge in [-0.3, -0.25) is 9.59 Å². The number of ether oxygens (including phenoxy) is 2. The van der Waals surface area contributed by atoms with Crippen LogP contribution in [0.4, 0.5) is 0 Å². The Balaban J connectivity index is 3.50. The molecule has 262 valence electrons. The fourth-order valence-electron chi connectivity index (χ4n) is 5.86. The Labute approximate surface area is 274 Å². The molecule has 1 N–H and O–H groups in total. The van der Waals surface area contributed by atoms with Gasteiger partial charge in [0, 0.05) is 12.8 Å². The van der Waals surface area contributed by atoms with Crippen LogP contribution in [0.5, 0.6) is 0 Å². The summed E-state index contributed by atoms with van der Waals surface area (Å²) in [5, 5.41) is 9.54. The fourth-order valence-corrected chi connectivity index (χ4v) is 5.86. The maximum atomic E-state index is 12.2. The summed E-state index contributed by atoms with van der Waals surface area (Å²) < 4.78 is 10.6. The minimum Gasteiger partial charge on any atom is -0.462 e. The zero-order chi connectivity index (χ0) is 32.4. The van der Waals surface area contributed by atoms with Crippen LogP contribution in [-0.4, -0.2) is 36.4 Å². The SMILES string of the molecule is CCCCCCCCCCCCCCCC(=O)OC[C@H](CO)OC(=O)CCCCCCCCCCCCCCCCC(C)C. The molecule has 0 aromatic rings. The molecule has 1 atom stereocenters. The molecule has 0 spiro atoms. The number of carbonyl (C=O) groups excluding carboxylic acids is 2. The number of hydrogen-bond acceptors (Lipinski definition) is 5. The van der Waals surface area contributed by atoms with Gasteiger partial charge in [0.1, 0.15) is 6.61 Å². The fraction of sp³-hybridized carbons (Fsp3) is 0.949. The van der Waals surface area contributed by atoms with Crippen LogP contribution in [-0.2, 0) is 19.1 Å². The summed E-state index contributed by atoms with van der Waals surface area (Å²) in [7, 11) is 0. The highest BCUT2D eigenvalue weighted by Gasteiger charge is 2.16. The maximum Gasteiger partial charge on any atom is 0.306 e. The highest BCUT2D eigenvalue weighted by molar-refractivity contribution is 5.70. The van der Waals surface area contributed by atoms with Gasteiger partial charge >= 0.3 is 11.9 Å². The molecule has 0 aliphatic rings. The predicted molar refractivity (Wildman–Crippen MR) is 187 cm³/mol. The molecule has 0 aliphatic carbocycles.